The van der Waals surface area contributed by atoms with Crippen LogP contribution in [0.15, 0.2) is 30.3 Å². The summed E-state index contributed by atoms with van der Waals surface area (Å²) in [4.78, 5) is 29.0. The Morgan fingerprint density at radius 3 is 2.55 bits per heavy atom. The van der Waals surface area contributed by atoms with E-state index in [1.54, 1.807) is 13.0 Å². The third-order valence-corrected chi connectivity index (χ3v) is 6.18. The average Bonchev–Trinajstić information content (AvgIpc) is 3.32. The van der Waals surface area contributed by atoms with Crippen molar-refractivity contribution in [2.45, 2.75) is 39.8 Å². The summed E-state index contributed by atoms with van der Waals surface area (Å²) in [5.41, 5.74) is 2.21. The van der Waals surface area contributed by atoms with Crippen LogP contribution in [0.1, 0.15) is 54.6 Å². The van der Waals surface area contributed by atoms with Crippen LogP contribution in [-0.2, 0) is 4.79 Å². The molecule has 0 unspecified atom stereocenters. The van der Waals surface area contributed by atoms with Crippen molar-refractivity contribution in [2.24, 2.45) is 11.8 Å². The molecule has 3 atom stereocenters. The number of hydrogen-bond donors (Lipinski definition) is 0. The average molecular weight is 398 g/mol. The van der Waals surface area contributed by atoms with Gasteiger partial charge in [-0.2, -0.15) is 5.10 Å². The molecule has 2 aliphatic heterocycles. The van der Waals surface area contributed by atoms with Gasteiger partial charge in [0.15, 0.2) is 5.69 Å². The van der Waals surface area contributed by atoms with E-state index in [9.17, 15) is 14.0 Å². The molecular formula is C22H27FN4O2. The van der Waals surface area contributed by atoms with Gasteiger partial charge in [0.2, 0.25) is 5.91 Å². The number of carbonyl (C=O) groups excluding carboxylic acids is 2. The van der Waals surface area contributed by atoms with Crippen molar-refractivity contribution in [2.75, 3.05) is 19.6 Å². The van der Waals surface area contributed by atoms with E-state index in [-0.39, 0.29) is 41.6 Å². The zero-order valence-electron chi connectivity index (χ0n) is 17.3. The van der Waals surface area contributed by atoms with Crippen molar-refractivity contribution >= 4 is 11.8 Å². The number of rotatable bonds is 3. The first-order valence-electron chi connectivity index (χ1n) is 10.1. The quantitative estimate of drug-likeness (QED) is 0.798. The molecule has 0 bridgehead atoms. The van der Waals surface area contributed by atoms with Gasteiger partial charge in [-0.05, 0) is 44.5 Å². The molecule has 0 spiro atoms. The maximum absolute atomic E-state index is 13.8. The monoisotopic (exact) mass is 398 g/mol. The fourth-order valence-corrected chi connectivity index (χ4v) is 4.93. The Labute approximate surface area is 170 Å². The molecule has 154 valence electrons. The molecule has 0 radical (unpaired) electrons. The van der Waals surface area contributed by atoms with Gasteiger partial charge in [-0.25, -0.2) is 4.39 Å². The number of fused-ring (bicyclic) bond motifs is 1. The van der Waals surface area contributed by atoms with Crippen molar-refractivity contribution in [1.82, 2.24) is 19.6 Å². The van der Waals surface area contributed by atoms with E-state index in [1.807, 2.05) is 47.4 Å². The summed E-state index contributed by atoms with van der Waals surface area (Å²) >= 11 is 0. The van der Waals surface area contributed by atoms with Gasteiger partial charge in [0.1, 0.15) is 5.82 Å². The summed E-state index contributed by atoms with van der Waals surface area (Å²) < 4.78 is 15.7. The molecule has 4 rings (SSSR count). The maximum atomic E-state index is 13.8. The number of nitrogens with zero attached hydrogens (tertiary/aromatic N) is 4. The molecule has 2 fully saturated rings. The fourth-order valence-electron chi connectivity index (χ4n) is 4.93. The highest BCUT2D eigenvalue weighted by Crippen LogP contribution is 2.45. The van der Waals surface area contributed by atoms with Gasteiger partial charge in [-0.15, -0.1) is 0 Å². The number of aryl methyl sites for hydroxylation is 1. The fraction of sp³-hybridized carbons (Fsp3) is 0.500. The van der Waals surface area contributed by atoms with Crippen molar-refractivity contribution in [3.63, 3.8) is 0 Å². The molecule has 1 aromatic heterocycles. The third-order valence-electron chi connectivity index (χ3n) is 6.18. The summed E-state index contributed by atoms with van der Waals surface area (Å²) in [6.07, 6.45) is 0. The van der Waals surface area contributed by atoms with Crippen LogP contribution in [0.3, 0.4) is 0 Å². The summed E-state index contributed by atoms with van der Waals surface area (Å²) in [6.45, 7) is 9.30. The van der Waals surface area contributed by atoms with Gasteiger partial charge < -0.3 is 9.80 Å². The molecule has 2 saturated heterocycles. The van der Waals surface area contributed by atoms with Crippen LogP contribution in [0.4, 0.5) is 4.39 Å². The Kier molecular flexibility index (Phi) is 4.92. The van der Waals surface area contributed by atoms with E-state index in [4.69, 9.17) is 0 Å². The lowest BCUT2D eigenvalue weighted by Crippen LogP contribution is -2.36. The Balaban J connectivity index is 1.58. The molecule has 0 aliphatic carbocycles. The van der Waals surface area contributed by atoms with Crippen molar-refractivity contribution in [1.29, 1.82) is 0 Å². The van der Waals surface area contributed by atoms with Crippen LogP contribution in [0, 0.1) is 24.6 Å². The number of aromatic nitrogens is 2. The second-order valence-corrected chi connectivity index (χ2v) is 8.51. The Morgan fingerprint density at radius 2 is 1.93 bits per heavy atom. The SMILES string of the molecule is CC(=O)N1C[C@H]2CN(C(=O)c3cc(C)n(C(C)C)n3)C[C@H]2[C@@H]1c1cccc(F)c1. The summed E-state index contributed by atoms with van der Waals surface area (Å²) in [5.74, 6) is -0.121. The van der Waals surface area contributed by atoms with Crippen LogP contribution in [0.25, 0.3) is 0 Å². The first-order chi connectivity index (χ1) is 13.8. The molecule has 2 aromatic rings. The standard InChI is InChI=1S/C22H27FN4O2/c1-13(2)27-14(3)8-20(24-27)22(29)25-10-17-11-26(15(4)28)21(19(17)12-25)16-6-5-7-18(23)9-16/h5-9,13,17,19,21H,10-12H2,1-4H3/t17-,19-,21+/m1/s1. The summed E-state index contributed by atoms with van der Waals surface area (Å²) in [6, 6.07) is 8.27. The normalized spacial score (nSPS) is 23.7. The van der Waals surface area contributed by atoms with Crippen LogP contribution in [0.2, 0.25) is 0 Å². The first-order valence-corrected chi connectivity index (χ1v) is 10.1. The molecular weight excluding hydrogens is 371 g/mol. The molecule has 3 heterocycles. The second kappa shape index (κ2) is 7.28. The lowest BCUT2D eigenvalue weighted by Gasteiger charge is -2.29. The van der Waals surface area contributed by atoms with E-state index < -0.39 is 0 Å². The van der Waals surface area contributed by atoms with Gasteiger partial charge in [0.25, 0.3) is 5.91 Å². The Hall–Kier alpha value is -2.70. The zero-order chi connectivity index (χ0) is 20.9. The Morgan fingerprint density at radius 1 is 1.17 bits per heavy atom. The lowest BCUT2D eigenvalue weighted by atomic mass is 9.89. The predicted octanol–water partition coefficient (Wildman–Crippen LogP) is 3.20. The second-order valence-electron chi connectivity index (χ2n) is 8.51. The van der Waals surface area contributed by atoms with E-state index >= 15 is 0 Å². The summed E-state index contributed by atoms with van der Waals surface area (Å²) in [7, 11) is 0. The molecule has 0 saturated carbocycles. The van der Waals surface area contributed by atoms with Gasteiger partial charge >= 0.3 is 0 Å². The van der Waals surface area contributed by atoms with Crippen LogP contribution >= 0.6 is 0 Å². The highest BCUT2D eigenvalue weighted by molar-refractivity contribution is 5.92. The molecule has 2 amide bonds. The number of likely N-dealkylation sites (tertiary alicyclic amines) is 2. The van der Waals surface area contributed by atoms with E-state index in [0.717, 1.165) is 11.3 Å². The molecule has 29 heavy (non-hydrogen) atoms. The largest absolute Gasteiger partial charge is 0.337 e. The van der Waals surface area contributed by atoms with Gasteiger partial charge in [-0.3, -0.25) is 14.3 Å². The first kappa shape index (κ1) is 19.6. The highest BCUT2D eigenvalue weighted by Gasteiger charge is 2.49. The predicted molar refractivity (Wildman–Crippen MR) is 107 cm³/mol. The molecule has 0 N–H and O–H groups in total. The van der Waals surface area contributed by atoms with Crippen molar-refractivity contribution < 1.29 is 14.0 Å². The summed E-state index contributed by atoms with van der Waals surface area (Å²) in [5, 5.41) is 4.49. The van der Waals surface area contributed by atoms with Crippen molar-refractivity contribution in [3.05, 3.63) is 53.1 Å². The van der Waals surface area contributed by atoms with Gasteiger partial charge in [-0.1, -0.05) is 12.1 Å². The number of hydrogen-bond acceptors (Lipinski definition) is 3. The minimum absolute atomic E-state index is 0.0159. The number of amides is 2. The number of carbonyl (C=O) groups is 2. The van der Waals surface area contributed by atoms with E-state index in [0.29, 0.717) is 25.3 Å². The minimum atomic E-state index is -0.310. The zero-order valence-corrected chi connectivity index (χ0v) is 17.3. The minimum Gasteiger partial charge on any atom is -0.337 e. The van der Waals surface area contributed by atoms with Crippen LogP contribution in [-0.4, -0.2) is 51.0 Å². The van der Waals surface area contributed by atoms with Crippen molar-refractivity contribution in [3.8, 4) is 0 Å². The number of halogens is 1. The maximum Gasteiger partial charge on any atom is 0.274 e. The third kappa shape index (κ3) is 3.43. The van der Waals surface area contributed by atoms with Crippen LogP contribution in [0.5, 0.6) is 0 Å². The van der Waals surface area contributed by atoms with Gasteiger partial charge in [0.05, 0.1) is 6.04 Å². The Bertz CT molecular complexity index is 954. The van der Waals surface area contributed by atoms with Crippen LogP contribution < -0.4 is 0 Å². The van der Waals surface area contributed by atoms with Gasteiger partial charge in [0, 0.05) is 50.1 Å². The smallest absolute Gasteiger partial charge is 0.274 e. The molecule has 7 heteroatoms. The lowest BCUT2D eigenvalue weighted by molar-refractivity contribution is -0.130. The molecule has 2 aliphatic rings. The molecule has 6 nitrogen and oxygen atoms in total. The van der Waals surface area contributed by atoms with E-state index in [2.05, 4.69) is 5.10 Å². The number of benzene rings is 1. The van der Waals surface area contributed by atoms with E-state index in [1.165, 1.54) is 12.1 Å². The molecule has 1 aromatic carbocycles. The topological polar surface area (TPSA) is 58.4 Å². The highest BCUT2D eigenvalue weighted by atomic mass is 19.1.